The Morgan fingerprint density at radius 1 is 1.41 bits per heavy atom. The van der Waals surface area contributed by atoms with E-state index in [1.165, 1.54) is 23.1 Å². The second-order valence-electron chi connectivity index (χ2n) is 5.38. The highest BCUT2D eigenvalue weighted by Crippen LogP contribution is 2.31. The highest BCUT2D eigenvalue weighted by Gasteiger charge is 2.31. The lowest BCUT2D eigenvalue weighted by Gasteiger charge is -2.33. The Balaban J connectivity index is 2.06. The van der Waals surface area contributed by atoms with Gasteiger partial charge in [-0.1, -0.05) is 19.8 Å². The number of halogens is 1. The molecule has 6 heteroatoms. The molecule has 22 heavy (non-hydrogen) atoms. The lowest BCUT2D eigenvalue weighted by Crippen LogP contribution is -2.48. The maximum Gasteiger partial charge on any atom is 0.326 e. The molecule has 0 radical (unpaired) electrons. The lowest BCUT2D eigenvalue weighted by atomic mass is 10.1. The predicted octanol–water partition coefficient (Wildman–Crippen LogP) is 2.71. The number of rotatable bonds is 6. The van der Waals surface area contributed by atoms with Gasteiger partial charge in [-0.05, 0) is 31.5 Å². The van der Waals surface area contributed by atoms with Gasteiger partial charge in [0.25, 0.3) is 0 Å². The first-order valence-corrected chi connectivity index (χ1v) is 7.56. The minimum absolute atomic E-state index is 0.157. The van der Waals surface area contributed by atoms with Crippen LogP contribution in [0.1, 0.15) is 33.1 Å². The number of unbranched alkanes of at least 4 members (excludes halogenated alkanes) is 2. The summed E-state index contributed by atoms with van der Waals surface area (Å²) >= 11 is 0. The van der Waals surface area contributed by atoms with Gasteiger partial charge < -0.3 is 10.1 Å². The van der Waals surface area contributed by atoms with Crippen molar-refractivity contribution in [3.63, 3.8) is 0 Å². The van der Waals surface area contributed by atoms with E-state index in [4.69, 9.17) is 4.74 Å². The van der Waals surface area contributed by atoms with Crippen LogP contribution in [0.5, 0.6) is 0 Å². The van der Waals surface area contributed by atoms with Crippen LogP contribution in [0, 0.1) is 5.82 Å². The molecule has 1 aromatic carbocycles. The molecule has 0 saturated heterocycles. The molecule has 0 aromatic heterocycles. The Labute approximate surface area is 129 Å². The Morgan fingerprint density at radius 3 is 2.91 bits per heavy atom. The zero-order valence-electron chi connectivity index (χ0n) is 12.9. The fourth-order valence-corrected chi connectivity index (χ4v) is 2.38. The third-order valence-corrected chi connectivity index (χ3v) is 3.56. The number of carbonyl (C=O) groups is 2. The smallest absolute Gasteiger partial charge is 0.326 e. The van der Waals surface area contributed by atoms with Crippen molar-refractivity contribution in [2.24, 2.45) is 0 Å². The van der Waals surface area contributed by atoms with Crippen LogP contribution in [0.15, 0.2) is 18.2 Å². The van der Waals surface area contributed by atoms with Crippen molar-refractivity contribution in [1.29, 1.82) is 0 Å². The number of anilines is 2. The Kier molecular flexibility index (Phi) is 5.35. The van der Waals surface area contributed by atoms with Crippen molar-refractivity contribution in [2.45, 2.75) is 39.2 Å². The highest BCUT2D eigenvalue weighted by atomic mass is 19.1. The summed E-state index contributed by atoms with van der Waals surface area (Å²) in [6, 6.07) is 3.56. The molecule has 1 aliphatic heterocycles. The summed E-state index contributed by atoms with van der Waals surface area (Å²) in [6.07, 6.45) is 2.86. The monoisotopic (exact) mass is 308 g/mol. The first kappa shape index (κ1) is 16.3. The first-order valence-electron chi connectivity index (χ1n) is 7.56. The van der Waals surface area contributed by atoms with Gasteiger partial charge in [0.05, 0.1) is 18.0 Å². The standard InChI is InChI=1S/C16H21FN2O3/c1-3-4-5-8-22-15(20)10-19-14-7-6-12(17)9-13(14)18-11(2)16(19)21/h6-7,9,11,18H,3-5,8,10H2,1-2H3. The number of nitrogens with one attached hydrogen (secondary N) is 1. The van der Waals surface area contributed by atoms with Crippen LogP contribution in [-0.2, 0) is 14.3 Å². The molecule has 0 fully saturated rings. The van der Waals surface area contributed by atoms with Gasteiger partial charge in [-0.3, -0.25) is 14.5 Å². The summed E-state index contributed by atoms with van der Waals surface area (Å²) in [4.78, 5) is 25.5. The topological polar surface area (TPSA) is 58.6 Å². The molecule has 1 atom stereocenters. The van der Waals surface area contributed by atoms with E-state index >= 15 is 0 Å². The number of benzene rings is 1. The van der Waals surface area contributed by atoms with Crippen molar-refractivity contribution < 1.29 is 18.7 Å². The number of carbonyl (C=O) groups excluding carboxylic acids is 2. The number of amides is 1. The van der Waals surface area contributed by atoms with Gasteiger partial charge in [0.15, 0.2) is 0 Å². The largest absolute Gasteiger partial charge is 0.464 e. The first-order chi connectivity index (χ1) is 10.5. The zero-order chi connectivity index (χ0) is 16.1. The molecule has 1 unspecified atom stereocenters. The number of esters is 1. The van der Waals surface area contributed by atoms with E-state index in [2.05, 4.69) is 12.2 Å². The van der Waals surface area contributed by atoms with Gasteiger partial charge in [0.2, 0.25) is 5.91 Å². The van der Waals surface area contributed by atoms with E-state index in [1.807, 2.05) is 0 Å². The quantitative estimate of drug-likeness (QED) is 0.648. The maximum atomic E-state index is 13.3. The summed E-state index contributed by atoms with van der Waals surface area (Å²) in [6.45, 7) is 3.95. The summed E-state index contributed by atoms with van der Waals surface area (Å²) in [5.41, 5.74) is 1.00. The molecule has 1 aliphatic rings. The van der Waals surface area contributed by atoms with Crippen molar-refractivity contribution in [1.82, 2.24) is 0 Å². The molecule has 1 N–H and O–H groups in total. The fourth-order valence-electron chi connectivity index (χ4n) is 2.38. The molecule has 5 nitrogen and oxygen atoms in total. The van der Waals surface area contributed by atoms with E-state index in [1.54, 1.807) is 6.92 Å². The van der Waals surface area contributed by atoms with Crippen molar-refractivity contribution >= 4 is 23.3 Å². The average Bonchev–Trinajstić information content (AvgIpc) is 2.48. The van der Waals surface area contributed by atoms with Crippen molar-refractivity contribution in [2.75, 3.05) is 23.4 Å². The van der Waals surface area contributed by atoms with Crippen LogP contribution in [0.2, 0.25) is 0 Å². The van der Waals surface area contributed by atoms with Crippen LogP contribution in [0.4, 0.5) is 15.8 Å². The van der Waals surface area contributed by atoms with Crippen LogP contribution in [0.25, 0.3) is 0 Å². The summed E-state index contributed by atoms with van der Waals surface area (Å²) < 4.78 is 18.5. The van der Waals surface area contributed by atoms with Crippen LogP contribution >= 0.6 is 0 Å². The highest BCUT2D eigenvalue weighted by molar-refractivity contribution is 6.07. The van der Waals surface area contributed by atoms with Gasteiger partial charge in [0.1, 0.15) is 18.4 Å². The molecule has 0 aliphatic carbocycles. The van der Waals surface area contributed by atoms with Gasteiger partial charge in [-0.2, -0.15) is 0 Å². The molecule has 0 bridgehead atoms. The predicted molar refractivity (Wildman–Crippen MR) is 82.3 cm³/mol. The third-order valence-electron chi connectivity index (χ3n) is 3.56. The Morgan fingerprint density at radius 2 is 2.18 bits per heavy atom. The summed E-state index contributed by atoms with van der Waals surface area (Å²) in [5, 5.41) is 2.93. The van der Waals surface area contributed by atoms with Crippen LogP contribution in [-0.4, -0.2) is 31.1 Å². The van der Waals surface area contributed by atoms with Crippen LogP contribution in [0.3, 0.4) is 0 Å². The number of fused-ring (bicyclic) bond motifs is 1. The number of nitrogens with zero attached hydrogens (tertiary/aromatic N) is 1. The Bertz CT molecular complexity index is 562. The normalized spacial score (nSPS) is 17.0. The third kappa shape index (κ3) is 3.75. The SMILES string of the molecule is CCCCCOC(=O)CN1C(=O)C(C)Nc2cc(F)ccc21. The molecule has 1 aromatic rings. The zero-order valence-corrected chi connectivity index (χ0v) is 12.9. The molecular formula is C16H21FN2O3. The van der Waals surface area contributed by atoms with E-state index in [0.717, 1.165) is 19.3 Å². The number of hydrogen-bond acceptors (Lipinski definition) is 4. The maximum absolute atomic E-state index is 13.3. The second-order valence-corrected chi connectivity index (χ2v) is 5.38. The van der Waals surface area contributed by atoms with Gasteiger partial charge in [0, 0.05) is 0 Å². The molecule has 0 spiro atoms. The molecule has 0 saturated carbocycles. The number of ether oxygens (including phenoxy) is 1. The fraction of sp³-hybridized carbons (Fsp3) is 0.500. The van der Waals surface area contributed by atoms with Crippen LogP contribution < -0.4 is 10.2 Å². The van der Waals surface area contributed by atoms with Gasteiger partial charge in [-0.15, -0.1) is 0 Å². The van der Waals surface area contributed by atoms with E-state index in [9.17, 15) is 14.0 Å². The molecule has 2 rings (SSSR count). The van der Waals surface area contributed by atoms with Gasteiger partial charge in [-0.25, -0.2) is 4.39 Å². The van der Waals surface area contributed by atoms with Gasteiger partial charge >= 0.3 is 5.97 Å². The van der Waals surface area contributed by atoms with E-state index < -0.39 is 17.8 Å². The molecule has 1 amide bonds. The molecule has 1 heterocycles. The minimum Gasteiger partial charge on any atom is -0.464 e. The average molecular weight is 308 g/mol. The minimum atomic E-state index is -0.512. The van der Waals surface area contributed by atoms with E-state index in [-0.39, 0.29) is 12.5 Å². The van der Waals surface area contributed by atoms with Crippen molar-refractivity contribution in [3.05, 3.63) is 24.0 Å². The molecule has 120 valence electrons. The lowest BCUT2D eigenvalue weighted by molar-refractivity contribution is -0.143. The van der Waals surface area contributed by atoms with Crippen molar-refractivity contribution in [3.8, 4) is 0 Å². The number of hydrogen-bond donors (Lipinski definition) is 1. The van der Waals surface area contributed by atoms with E-state index in [0.29, 0.717) is 18.0 Å². The second kappa shape index (κ2) is 7.24. The Hall–Kier alpha value is -2.11. The molecular weight excluding hydrogens is 287 g/mol. The summed E-state index contributed by atoms with van der Waals surface area (Å²) in [7, 11) is 0. The summed E-state index contributed by atoms with van der Waals surface area (Å²) in [5.74, 6) is -1.08.